The Labute approximate surface area is 184 Å². The Hall–Kier alpha value is -2.96. The lowest BCUT2D eigenvalue weighted by Gasteiger charge is -2.29. The van der Waals surface area contributed by atoms with E-state index in [1.807, 2.05) is 12.1 Å². The zero-order valence-corrected chi connectivity index (χ0v) is 18.0. The molecule has 2 aromatic rings. The third kappa shape index (κ3) is 3.96. The Morgan fingerprint density at radius 3 is 2.84 bits per heavy atom. The predicted octanol–water partition coefficient (Wildman–Crippen LogP) is -0.480. The molecule has 5 rings (SSSR count). The van der Waals surface area contributed by atoms with Gasteiger partial charge in [0.2, 0.25) is 11.8 Å². The van der Waals surface area contributed by atoms with Crippen molar-refractivity contribution >= 4 is 27.9 Å². The van der Waals surface area contributed by atoms with Crippen molar-refractivity contribution < 1.29 is 23.1 Å². The number of aromatic nitrogens is 3. The van der Waals surface area contributed by atoms with Gasteiger partial charge in [-0.3, -0.25) is 19.7 Å². The summed E-state index contributed by atoms with van der Waals surface area (Å²) in [7, 11) is -2.95. The van der Waals surface area contributed by atoms with Crippen molar-refractivity contribution in [2.24, 2.45) is 0 Å². The highest BCUT2D eigenvalue weighted by Gasteiger charge is 2.39. The summed E-state index contributed by atoms with van der Waals surface area (Å²) in [4.78, 5) is 38.1. The van der Waals surface area contributed by atoms with E-state index >= 15 is 0 Å². The number of piperidine rings is 1. The van der Waals surface area contributed by atoms with Crippen molar-refractivity contribution in [2.45, 2.75) is 44.4 Å². The second-order valence-corrected chi connectivity index (χ2v) is 10.6. The molecule has 3 atom stereocenters. The molecule has 2 N–H and O–H groups in total. The summed E-state index contributed by atoms with van der Waals surface area (Å²) in [5, 5.41) is 13.7. The summed E-state index contributed by atoms with van der Waals surface area (Å²) < 4.78 is 24.7. The SMILES string of the molecule is O=C1CCC(N2Cc3ccc(-n4cc(CNC5CC[S+](=O)([O-])C5)nn4)cc3C2=O)C(=O)N1. The number of hydrogen-bond donors (Lipinski definition) is 2. The number of carbonyl (C=O) groups is 3. The molecule has 3 amide bonds. The maximum Gasteiger partial charge on any atom is 0.255 e. The van der Waals surface area contributed by atoms with Gasteiger partial charge in [-0.25, -0.2) is 4.68 Å². The van der Waals surface area contributed by atoms with Crippen molar-refractivity contribution in [3.8, 4) is 5.69 Å². The Kier molecular flexibility index (Phi) is 5.14. The molecule has 0 spiro atoms. The largest absolute Gasteiger partial charge is 0.615 e. The van der Waals surface area contributed by atoms with Crippen molar-refractivity contribution in [3.05, 3.63) is 41.2 Å². The van der Waals surface area contributed by atoms with Gasteiger partial charge in [-0.1, -0.05) is 11.3 Å². The Balaban J connectivity index is 1.27. The number of carbonyl (C=O) groups excluding carboxylic acids is 3. The van der Waals surface area contributed by atoms with Crippen LogP contribution in [0.2, 0.25) is 0 Å². The molecule has 11 nitrogen and oxygen atoms in total. The van der Waals surface area contributed by atoms with E-state index in [1.54, 1.807) is 16.9 Å². The molecule has 0 saturated carbocycles. The van der Waals surface area contributed by atoms with Crippen molar-refractivity contribution in [3.63, 3.8) is 0 Å². The number of fused-ring (bicyclic) bond motifs is 1. The molecule has 4 heterocycles. The molecule has 3 aliphatic heterocycles. The topological polar surface area (TPSA) is 149 Å². The molecule has 32 heavy (non-hydrogen) atoms. The standard InChI is InChI=1S/C20H22N6O5S/c27-18-4-3-17(19(28)22-18)25-9-12-1-2-15(7-16(12)20(25)29)26-10-14(23-24-26)8-21-13-5-6-32(30,31)11-13/h1-2,7,10,13,17,21H,3-6,8-9,11H2,(H-,22,27,28,30,31). The number of nitrogens with zero attached hydrogens (tertiary/aromatic N) is 4. The molecule has 0 aliphatic carbocycles. The first kappa shape index (κ1) is 20.9. The second-order valence-electron chi connectivity index (χ2n) is 8.38. The van der Waals surface area contributed by atoms with Crippen LogP contribution in [0.3, 0.4) is 0 Å². The summed E-state index contributed by atoms with van der Waals surface area (Å²) in [5.74, 6) is -0.663. The van der Waals surface area contributed by atoms with Crippen molar-refractivity contribution in [1.29, 1.82) is 0 Å². The van der Waals surface area contributed by atoms with Gasteiger partial charge in [-0.15, -0.1) is 9.31 Å². The minimum atomic E-state index is -2.95. The fourth-order valence-electron chi connectivity index (χ4n) is 4.40. The highest BCUT2D eigenvalue weighted by atomic mass is 32.3. The van der Waals surface area contributed by atoms with Crippen molar-refractivity contribution in [2.75, 3.05) is 11.5 Å². The Morgan fingerprint density at radius 1 is 1.25 bits per heavy atom. The molecule has 1 aromatic heterocycles. The molecular formula is C20H22N6O5S. The van der Waals surface area contributed by atoms with Gasteiger partial charge >= 0.3 is 0 Å². The van der Waals surface area contributed by atoms with Crippen molar-refractivity contribution in [1.82, 2.24) is 30.5 Å². The summed E-state index contributed by atoms with van der Waals surface area (Å²) in [6.07, 6.45) is 2.85. The van der Waals surface area contributed by atoms with Gasteiger partial charge < -0.3 is 14.8 Å². The van der Waals surface area contributed by atoms with Crippen LogP contribution in [0.5, 0.6) is 0 Å². The molecule has 0 radical (unpaired) electrons. The fraction of sp³-hybridized carbons (Fsp3) is 0.450. The lowest BCUT2D eigenvalue weighted by atomic mass is 10.0. The highest BCUT2D eigenvalue weighted by molar-refractivity contribution is 7.97. The second kappa shape index (κ2) is 7.87. The third-order valence-electron chi connectivity index (χ3n) is 6.12. The molecule has 2 fully saturated rings. The molecule has 3 unspecified atom stereocenters. The number of benzene rings is 1. The van der Waals surface area contributed by atoms with E-state index < -0.39 is 22.2 Å². The van der Waals surface area contributed by atoms with Crippen LogP contribution >= 0.6 is 0 Å². The van der Waals surface area contributed by atoms with Crippen LogP contribution in [0.1, 0.15) is 40.9 Å². The van der Waals surface area contributed by atoms with Gasteiger partial charge in [0, 0.05) is 41.7 Å². The summed E-state index contributed by atoms with van der Waals surface area (Å²) >= 11 is 0. The van der Waals surface area contributed by atoms with Gasteiger partial charge in [0.25, 0.3) is 5.91 Å². The molecule has 12 heteroatoms. The number of imide groups is 1. The van der Waals surface area contributed by atoms with E-state index in [-0.39, 0.29) is 35.8 Å². The first-order chi connectivity index (χ1) is 15.3. The van der Waals surface area contributed by atoms with E-state index in [4.69, 9.17) is 0 Å². The molecule has 1 aromatic carbocycles. The normalized spacial score (nSPS) is 27.7. The van der Waals surface area contributed by atoms with Crippen LogP contribution in [-0.4, -0.2) is 65.8 Å². The Morgan fingerprint density at radius 2 is 2.09 bits per heavy atom. The van der Waals surface area contributed by atoms with Crippen LogP contribution in [0, 0.1) is 0 Å². The minimum Gasteiger partial charge on any atom is -0.615 e. The van der Waals surface area contributed by atoms with Gasteiger partial charge in [-0.2, -0.15) is 0 Å². The minimum absolute atomic E-state index is 0.0824. The van der Waals surface area contributed by atoms with E-state index in [9.17, 15) is 23.1 Å². The fourth-order valence-corrected chi connectivity index (χ4v) is 6.10. The van der Waals surface area contributed by atoms with Crippen LogP contribution < -0.4 is 10.6 Å². The number of sulfone groups is 1. The van der Waals surface area contributed by atoms with E-state index in [1.165, 1.54) is 4.90 Å². The quantitative estimate of drug-likeness (QED) is 0.451. The molecule has 168 valence electrons. The lowest BCUT2D eigenvalue weighted by Crippen LogP contribution is -2.52. The van der Waals surface area contributed by atoms with Crippen LogP contribution in [-0.2, 0) is 37.1 Å². The smallest absolute Gasteiger partial charge is 0.255 e. The average molecular weight is 459 g/mol. The monoisotopic (exact) mass is 458 g/mol. The van der Waals surface area contributed by atoms with Gasteiger partial charge in [-0.05, 0) is 24.1 Å². The van der Waals surface area contributed by atoms with Crippen LogP contribution in [0.25, 0.3) is 5.69 Å². The number of rotatable bonds is 5. The van der Waals surface area contributed by atoms with Gasteiger partial charge in [0.05, 0.1) is 23.6 Å². The number of nitrogens with one attached hydrogen (secondary N) is 2. The summed E-state index contributed by atoms with van der Waals surface area (Å²) in [5.41, 5.74) is 2.63. The first-order valence-corrected chi connectivity index (χ1v) is 12.2. The Bertz CT molecular complexity index is 1160. The van der Waals surface area contributed by atoms with Gasteiger partial charge in [0.15, 0.2) is 0 Å². The van der Waals surface area contributed by atoms with E-state index in [0.717, 1.165) is 5.56 Å². The average Bonchev–Trinajstić information content (AvgIpc) is 3.44. The molecular weight excluding hydrogens is 436 g/mol. The number of amides is 3. The summed E-state index contributed by atoms with van der Waals surface area (Å²) in [6.45, 7) is 0.713. The zero-order valence-electron chi connectivity index (χ0n) is 17.2. The molecule has 2 saturated heterocycles. The maximum absolute atomic E-state index is 13.0. The van der Waals surface area contributed by atoms with E-state index in [2.05, 4.69) is 20.9 Å². The van der Waals surface area contributed by atoms with Crippen LogP contribution in [0.4, 0.5) is 0 Å². The van der Waals surface area contributed by atoms with Crippen LogP contribution in [0.15, 0.2) is 24.4 Å². The first-order valence-electron chi connectivity index (χ1n) is 10.4. The lowest BCUT2D eigenvalue weighted by molar-refractivity contribution is -0.136. The third-order valence-corrected chi connectivity index (χ3v) is 7.89. The van der Waals surface area contributed by atoms with Gasteiger partial charge in [0.1, 0.15) is 17.5 Å². The number of hydrogen-bond acceptors (Lipinski definition) is 8. The molecule has 0 bridgehead atoms. The highest BCUT2D eigenvalue weighted by Crippen LogP contribution is 2.29. The predicted molar refractivity (Wildman–Crippen MR) is 111 cm³/mol. The van der Waals surface area contributed by atoms with E-state index in [0.29, 0.717) is 42.9 Å². The zero-order chi connectivity index (χ0) is 22.5. The summed E-state index contributed by atoms with van der Waals surface area (Å²) in [6, 6.07) is 4.65. The molecule has 3 aliphatic rings. The maximum atomic E-state index is 13.0.